The van der Waals surface area contributed by atoms with Crippen LogP contribution in [0.5, 0.6) is 0 Å². The van der Waals surface area contributed by atoms with Gasteiger partial charge in [0.1, 0.15) is 0 Å². The molecule has 0 radical (unpaired) electrons. The molecule has 0 aliphatic rings. The summed E-state index contributed by atoms with van der Waals surface area (Å²) < 4.78 is 5.31. The highest BCUT2D eigenvalue weighted by atomic mass is 16.5. The average molecular weight is 385 g/mol. The van der Waals surface area contributed by atoms with Gasteiger partial charge in [-0.1, -0.05) is 98.6 Å². The number of carbonyl (C=O) groups is 1. The molecule has 2 heteroatoms. The van der Waals surface area contributed by atoms with E-state index in [4.69, 9.17) is 4.74 Å². The fourth-order valence-electron chi connectivity index (χ4n) is 3.20. The van der Waals surface area contributed by atoms with Gasteiger partial charge in [-0.05, 0) is 47.2 Å². The second kappa shape index (κ2) is 10.4. The minimum atomic E-state index is -0.235. The number of rotatable bonds is 8. The largest absolute Gasteiger partial charge is 0.462 e. The van der Waals surface area contributed by atoms with Crippen LogP contribution >= 0.6 is 0 Å². The van der Waals surface area contributed by atoms with Gasteiger partial charge < -0.3 is 4.74 Å². The summed E-state index contributed by atoms with van der Waals surface area (Å²) in [4.78, 5) is 12.1. The fraction of sp³-hybridized carbons (Fsp3) is 0.222. The van der Waals surface area contributed by atoms with E-state index in [1.165, 1.54) is 16.7 Å². The first-order valence-corrected chi connectivity index (χ1v) is 10.3. The van der Waals surface area contributed by atoms with Crippen molar-refractivity contribution in [1.29, 1.82) is 0 Å². The normalized spacial score (nSPS) is 11.3. The maximum absolute atomic E-state index is 12.1. The predicted molar refractivity (Wildman–Crippen MR) is 121 cm³/mol. The number of benzene rings is 3. The zero-order chi connectivity index (χ0) is 20.5. The van der Waals surface area contributed by atoms with Crippen molar-refractivity contribution in [3.8, 4) is 22.3 Å². The third kappa shape index (κ3) is 5.92. The summed E-state index contributed by atoms with van der Waals surface area (Å²) in [6.45, 7) is 4.43. The minimum Gasteiger partial charge on any atom is -0.462 e. The van der Waals surface area contributed by atoms with Gasteiger partial charge in [0.05, 0.1) is 6.61 Å². The van der Waals surface area contributed by atoms with Gasteiger partial charge in [-0.3, -0.25) is 0 Å². The lowest BCUT2D eigenvalue weighted by Gasteiger charge is -2.07. The Bertz CT molecular complexity index is 936. The number of hydrogen-bond donors (Lipinski definition) is 0. The van der Waals surface area contributed by atoms with Crippen molar-refractivity contribution in [1.82, 2.24) is 0 Å². The summed E-state index contributed by atoms with van der Waals surface area (Å²) in [5, 5.41) is 0. The Labute approximate surface area is 173 Å². The van der Waals surface area contributed by atoms with Crippen molar-refractivity contribution in [2.45, 2.75) is 33.1 Å². The first-order chi connectivity index (χ1) is 14.2. The molecule has 2 nitrogen and oxygen atoms in total. The molecule has 0 aliphatic heterocycles. The first kappa shape index (κ1) is 20.6. The van der Waals surface area contributed by atoms with Crippen molar-refractivity contribution >= 4 is 12.0 Å². The zero-order valence-electron chi connectivity index (χ0n) is 17.2. The number of unbranched alkanes of at least 4 members (excludes halogenated alkanes) is 2. The topological polar surface area (TPSA) is 26.3 Å². The Morgan fingerprint density at radius 2 is 1.28 bits per heavy atom. The van der Waals surface area contributed by atoms with Crippen molar-refractivity contribution in [3.05, 3.63) is 90.0 Å². The van der Waals surface area contributed by atoms with Crippen molar-refractivity contribution in [2.75, 3.05) is 6.61 Å². The molecule has 0 atom stereocenters. The van der Waals surface area contributed by atoms with E-state index in [9.17, 15) is 4.79 Å². The van der Waals surface area contributed by atoms with Gasteiger partial charge in [0.15, 0.2) is 0 Å². The van der Waals surface area contributed by atoms with Crippen LogP contribution in [-0.2, 0) is 9.53 Å². The van der Waals surface area contributed by atoms with Gasteiger partial charge in [-0.15, -0.1) is 0 Å². The van der Waals surface area contributed by atoms with Crippen LogP contribution in [0.4, 0.5) is 0 Å². The van der Waals surface area contributed by atoms with Crippen LogP contribution in [0, 0.1) is 0 Å². The Hall–Kier alpha value is -3.13. The highest BCUT2D eigenvalue weighted by Crippen LogP contribution is 2.25. The second-order valence-corrected chi connectivity index (χ2v) is 7.24. The molecule has 0 unspecified atom stereocenters. The van der Waals surface area contributed by atoms with Crippen molar-refractivity contribution < 1.29 is 9.53 Å². The van der Waals surface area contributed by atoms with Crippen LogP contribution in [0.1, 0.15) is 38.7 Å². The highest BCUT2D eigenvalue weighted by Gasteiger charge is 2.06. The molecular weight excluding hydrogens is 356 g/mol. The molecular formula is C27H28O2. The summed E-state index contributed by atoms with van der Waals surface area (Å²) in [7, 11) is 0. The van der Waals surface area contributed by atoms with Gasteiger partial charge in [0.25, 0.3) is 0 Å². The Balaban J connectivity index is 1.64. The van der Waals surface area contributed by atoms with Gasteiger partial charge in [-0.2, -0.15) is 0 Å². The molecule has 0 saturated carbocycles. The van der Waals surface area contributed by atoms with Crippen LogP contribution in [0.25, 0.3) is 28.3 Å². The molecule has 0 saturated heterocycles. The summed E-state index contributed by atoms with van der Waals surface area (Å²) in [5.74, 6) is -0.235. The van der Waals surface area contributed by atoms with Gasteiger partial charge in [0.2, 0.25) is 0 Å². The lowest BCUT2D eigenvalue weighted by Crippen LogP contribution is -2.06. The van der Waals surface area contributed by atoms with Crippen molar-refractivity contribution in [3.63, 3.8) is 0 Å². The quantitative estimate of drug-likeness (QED) is 0.234. The molecule has 29 heavy (non-hydrogen) atoms. The number of ether oxygens (including phenoxy) is 1. The molecule has 0 aliphatic carbocycles. The lowest BCUT2D eigenvalue weighted by atomic mass is 9.99. The third-order valence-corrected chi connectivity index (χ3v) is 4.92. The van der Waals surface area contributed by atoms with E-state index in [1.54, 1.807) is 6.92 Å². The van der Waals surface area contributed by atoms with Gasteiger partial charge >= 0.3 is 5.97 Å². The molecule has 0 amide bonds. The fourth-order valence-corrected chi connectivity index (χ4v) is 3.20. The summed E-state index contributed by atoms with van der Waals surface area (Å²) in [5.41, 5.74) is 6.38. The van der Waals surface area contributed by atoms with E-state index in [1.807, 2.05) is 24.3 Å². The van der Waals surface area contributed by atoms with E-state index in [2.05, 4.69) is 67.6 Å². The monoisotopic (exact) mass is 384 g/mol. The van der Waals surface area contributed by atoms with Crippen LogP contribution in [0.3, 0.4) is 0 Å². The third-order valence-electron chi connectivity index (χ3n) is 4.92. The number of carbonyl (C=O) groups excluding carboxylic acids is 1. The molecule has 0 spiro atoms. The maximum Gasteiger partial charge on any atom is 0.333 e. The first-order valence-electron chi connectivity index (χ1n) is 10.3. The maximum atomic E-state index is 12.1. The summed E-state index contributed by atoms with van der Waals surface area (Å²) >= 11 is 0. The molecule has 3 rings (SSSR count). The van der Waals surface area contributed by atoms with Crippen LogP contribution in [0.15, 0.2) is 84.4 Å². The van der Waals surface area contributed by atoms with Gasteiger partial charge in [-0.25, -0.2) is 4.79 Å². The average Bonchev–Trinajstić information content (AvgIpc) is 2.78. The Kier molecular flexibility index (Phi) is 7.40. The van der Waals surface area contributed by atoms with E-state index in [-0.39, 0.29) is 5.97 Å². The summed E-state index contributed by atoms with van der Waals surface area (Å²) in [6, 6.07) is 27.2. The van der Waals surface area contributed by atoms with E-state index < -0.39 is 0 Å². The SMILES string of the molecule is CCCCCOC(=O)/C(C)=C/c1ccc(-c2ccc(-c3ccccc3)cc2)cc1. The molecule has 0 aromatic heterocycles. The minimum absolute atomic E-state index is 0.235. The predicted octanol–water partition coefficient (Wildman–Crippen LogP) is 7.16. The van der Waals surface area contributed by atoms with E-state index >= 15 is 0 Å². The van der Waals surface area contributed by atoms with E-state index in [0.717, 1.165) is 30.4 Å². The highest BCUT2D eigenvalue weighted by molar-refractivity contribution is 5.93. The molecule has 3 aromatic carbocycles. The molecule has 0 fully saturated rings. The lowest BCUT2D eigenvalue weighted by molar-refractivity contribution is -0.139. The Morgan fingerprint density at radius 1 is 0.759 bits per heavy atom. The molecule has 0 heterocycles. The molecule has 0 N–H and O–H groups in total. The smallest absolute Gasteiger partial charge is 0.333 e. The van der Waals surface area contributed by atoms with Crippen LogP contribution in [-0.4, -0.2) is 12.6 Å². The molecule has 0 bridgehead atoms. The Morgan fingerprint density at radius 3 is 1.83 bits per heavy atom. The molecule has 148 valence electrons. The van der Waals surface area contributed by atoms with Crippen LogP contribution < -0.4 is 0 Å². The second-order valence-electron chi connectivity index (χ2n) is 7.24. The van der Waals surface area contributed by atoms with Gasteiger partial charge in [0, 0.05) is 5.57 Å². The zero-order valence-corrected chi connectivity index (χ0v) is 17.2. The number of esters is 1. The van der Waals surface area contributed by atoms with E-state index in [0.29, 0.717) is 12.2 Å². The van der Waals surface area contributed by atoms with Crippen molar-refractivity contribution in [2.24, 2.45) is 0 Å². The van der Waals surface area contributed by atoms with Crippen LogP contribution in [0.2, 0.25) is 0 Å². The number of hydrogen-bond acceptors (Lipinski definition) is 2. The summed E-state index contributed by atoms with van der Waals surface area (Å²) in [6.07, 6.45) is 5.01. The standard InChI is InChI=1S/C27H28O2/c1-3-4-8-19-29-27(28)21(2)20-22-11-13-24(14-12-22)26-17-15-25(16-18-26)23-9-6-5-7-10-23/h5-7,9-18,20H,3-4,8,19H2,1-2H3/b21-20+. The molecule has 3 aromatic rings.